The van der Waals surface area contributed by atoms with Crippen molar-refractivity contribution in [2.24, 2.45) is 11.8 Å². The molecule has 1 aromatic rings. The van der Waals surface area contributed by atoms with Crippen molar-refractivity contribution in [2.45, 2.75) is 50.9 Å². The van der Waals surface area contributed by atoms with E-state index in [-0.39, 0.29) is 47.2 Å². The number of aliphatic hydroxyl groups excluding tert-OH is 1. The van der Waals surface area contributed by atoms with Crippen LogP contribution in [0.5, 0.6) is 0 Å². The molecule has 8 nitrogen and oxygen atoms in total. The van der Waals surface area contributed by atoms with E-state index in [1.807, 2.05) is 0 Å². The summed E-state index contributed by atoms with van der Waals surface area (Å²) >= 11 is 5.86. The molecule has 1 unspecified atom stereocenters. The molecule has 1 saturated carbocycles. The number of benzene rings is 1. The van der Waals surface area contributed by atoms with Gasteiger partial charge in [-0.3, -0.25) is 4.79 Å². The van der Waals surface area contributed by atoms with Gasteiger partial charge in [-0.25, -0.2) is 4.79 Å². The number of rotatable bonds is 5. The van der Waals surface area contributed by atoms with Crippen LogP contribution in [-0.4, -0.2) is 46.1 Å². The van der Waals surface area contributed by atoms with E-state index in [1.54, 1.807) is 31.2 Å². The number of carbonyl (C=O) groups is 3. The molecule has 10 heteroatoms. The van der Waals surface area contributed by atoms with Gasteiger partial charge in [0.1, 0.15) is 0 Å². The molecule has 2 heterocycles. The molecule has 0 bridgehead atoms. The van der Waals surface area contributed by atoms with Crippen LogP contribution in [0.15, 0.2) is 35.5 Å². The Bertz CT molecular complexity index is 920. The molecular weight excluding hydrogens is 433 g/mol. The van der Waals surface area contributed by atoms with Crippen LogP contribution in [0.1, 0.15) is 31.7 Å². The summed E-state index contributed by atoms with van der Waals surface area (Å²) < 4.78 is 0. The van der Waals surface area contributed by atoms with Crippen molar-refractivity contribution in [3.63, 3.8) is 0 Å². The number of carboxylic acids is 1. The Hall–Kier alpha value is -1.58. The first-order valence-electron chi connectivity index (χ1n) is 10.0. The molecule has 31 heavy (non-hydrogen) atoms. The van der Waals surface area contributed by atoms with Crippen LogP contribution in [0.4, 0.5) is 4.79 Å². The second kappa shape index (κ2) is 9.50. The van der Waals surface area contributed by atoms with E-state index >= 15 is 0 Å². The number of amides is 3. The maximum atomic E-state index is 12.5. The van der Waals surface area contributed by atoms with E-state index in [0.717, 1.165) is 12.0 Å². The number of carboxylic acid groups (broad SMARTS) is 1. The summed E-state index contributed by atoms with van der Waals surface area (Å²) in [4.78, 5) is 38.1. The molecular formula is C21H23ClN3NaO5. The molecule has 1 aliphatic carbocycles. The van der Waals surface area contributed by atoms with Crippen molar-refractivity contribution in [2.75, 3.05) is 0 Å². The number of carbonyl (C=O) groups excluding carboxylic acids is 3. The molecule has 2 aliphatic heterocycles. The minimum Gasteiger partial charge on any atom is -0.543 e. The van der Waals surface area contributed by atoms with Gasteiger partial charge in [0, 0.05) is 17.5 Å². The maximum absolute atomic E-state index is 12.5. The van der Waals surface area contributed by atoms with Gasteiger partial charge in [-0.2, -0.15) is 0 Å². The summed E-state index contributed by atoms with van der Waals surface area (Å²) in [5.41, 5.74) is 1.26. The summed E-state index contributed by atoms with van der Waals surface area (Å²) in [5.74, 6) is -2.66. The Morgan fingerprint density at radius 3 is 2.58 bits per heavy atom. The average molecular weight is 456 g/mol. The molecule has 4 rings (SSSR count). The fraction of sp³-hybridized carbons (Fsp3) is 0.476. The van der Waals surface area contributed by atoms with E-state index in [2.05, 4.69) is 10.6 Å². The SMILES string of the molecule is CC(O)[C@H]1C(=O)N2C(C(=O)[O-])=C3[C@@H](NC(=O)NCc4ccc(Cl)cc4)CCC[C@@H]3[C@H]12.[Na+]. The van der Waals surface area contributed by atoms with Gasteiger partial charge in [-0.05, 0) is 43.0 Å². The second-order valence-electron chi connectivity index (χ2n) is 8.10. The normalized spacial score (nSPS) is 27.5. The van der Waals surface area contributed by atoms with Crippen molar-refractivity contribution in [1.29, 1.82) is 0 Å². The summed E-state index contributed by atoms with van der Waals surface area (Å²) in [7, 11) is 0. The van der Waals surface area contributed by atoms with Gasteiger partial charge in [0.15, 0.2) is 0 Å². The number of nitrogens with zero attached hydrogens (tertiary/aromatic N) is 1. The summed E-state index contributed by atoms with van der Waals surface area (Å²) in [6.07, 6.45) is 1.19. The van der Waals surface area contributed by atoms with Gasteiger partial charge in [-0.15, -0.1) is 0 Å². The zero-order chi connectivity index (χ0) is 21.6. The molecule has 1 saturated heterocycles. The maximum Gasteiger partial charge on any atom is 1.00 e. The van der Waals surface area contributed by atoms with Crippen molar-refractivity contribution in [3.8, 4) is 0 Å². The molecule has 0 radical (unpaired) electrons. The van der Waals surface area contributed by atoms with Crippen LogP contribution >= 0.6 is 11.6 Å². The van der Waals surface area contributed by atoms with E-state index in [9.17, 15) is 24.6 Å². The van der Waals surface area contributed by atoms with Gasteiger partial charge < -0.3 is 30.5 Å². The molecule has 3 amide bonds. The summed E-state index contributed by atoms with van der Waals surface area (Å²) in [6, 6.07) is 5.76. The fourth-order valence-electron chi connectivity index (χ4n) is 5.02. The minimum absolute atomic E-state index is 0. The number of hydrogen-bond donors (Lipinski definition) is 3. The smallest absolute Gasteiger partial charge is 0.543 e. The van der Waals surface area contributed by atoms with Gasteiger partial charge in [0.25, 0.3) is 0 Å². The molecule has 5 atom stereocenters. The quantitative estimate of drug-likeness (QED) is 0.336. The molecule has 2 fully saturated rings. The van der Waals surface area contributed by atoms with Crippen molar-refractivity contribution < 1.29 is 54.2 Å². The molecule has 160 valence electrons. The Balaban J connectivity index is 0.00000272. The Morgan fingerprint density at radius 1 is 1.29 bits per heavy atom. The predicted molar refractivity (Wildman–Crippen MR) is 106 cm³/mol. The third-order valence-electron chi connectivity index (χ3n) is 6.28. The number of aliphatic carboxylic acids is 1. The summed E-state index contributed by atoms with van der Waals surface area (Å²) in [6.45, 7) is 1.84. The van der Waals surface area contributed by atoms with Crippen LogP contribution in [0, 0.1) is 11.8 Å². The first-order valence-corrected chi connectivity index (χ1v) is 10.4. The largest absolute Gasteiger partial charge is 1.00 e. The Labute approximate surface area is 207 Å². The zero-order valence-electron chi connectivity index (χ0n) is 17.4. The molecule has 3 N–H and O–H groups in total. The monoisotopic (exact) mass is 455 g/mol. The van der Waals surface area contributed by atoms with Gasteiger partial charge in [0.2, 0.25) is 5.91 Å². The summed E-state index contributed by atoms with van der Waals surface area (Å²) in [5, 5.41) is 28.1. The standard InChI is InChI=1S/C21H24ClN3O5.Na/c1-10(26)15-17-13-3-2-4-14(16(13)18(20(28)29)25(17)19(15)27)24-21(30)23-9-11-5-7-12(22)8-6-11;/h5-8,10,13-15,17,26H,2-4,9H2,1H3,(H,28,29)(H2,23,24,30);/q;+1/p-1/t10?,13-,14-,15+,17+;/m0./s1. The van der Waals surface area contributed by atoms with Crippen LogP contribution in [0.25, 0.3) is 0 Å². The number of nitrogens with one attached hydrogen (secondary N) is 2. The number of hydrogen-bond acceptors (Lipinski definition) is 5. The predicted octanol–water partition coefficient (Wildman–Crippen LogP) is -2.46. The van der Waals surface area contributed by atoms with Gasteiger partial charge >= 0.3 is 35.6 Å². The number of β-lactam (4-membered cyclic amide) rings is 1. The minimum atomic E-state index is -1.43. The van der Waals surface area contributed by atoms with Crippen molar-refractivity contribution in [1.82, 2.24) is 15.5 Å². The van der Waals surface area contributed by atoms with E-state index in [1.165, 1.54) is 4.90 Å². The van der Waals surface area contributed by atoms with E-state index in [4.69, 9.17) is 11.6 Å². The zero-order valence-corrected chi connectivity index (χ0v) is 20.2. The van der Waals surface area contributed by atoms with Crippen molar-refractivity contribution in [3.05, 3.63) is 46.1 Å². The third kappa shape index (κ3) is 4.36. The second-order valence-corrected chi connectivity index (χ2v) is 8.54. The van der Waals surface area contributed by atoms with E-state index in [0.29, 0.717) is 30.0 Å². The first-order chi connectivity index (χ1) is 14.3. The topological polar surface area (TPSA) is 122 Å². The van der Waals surface area contributed by atoms with Crippen LogP contribution in [0.3, 0.4) is 0 Å². The number of halogens is 1. The number of aliphatic hydroxyl groups is 1. The molecule has 3 aliphatic rings. The number of urea groups is 1. The molecule has 1 aromatic carbocycles. The molecule has 0 aromatic heterocycles. The third-order valence-corrected chi connectivity index (χ3v) is 6.53. The molecule has 0 spiro atoms. The van der Waals surface area contributed by atoms with Crippen LogP contribution in [-0.2, 0) is 16.1 Å². The van der Waals surface area contributed by atoms with Gasteiger partial charge in [0.05, 0.1) is 35.8 Å². The Morgan fingerprint density at radius 2 is 1.97 bits per heavy atom. The van der Waals surface area contributed by atoms with Crippen LogP contribution < -0.4 is 45.3 Å². The van der Waals surface area contributed by atoms with Crippen LogP contribution in [0.2, 0.25) is 5.02 Å². The number of fused-ring (bicyclic) bond motifs is 3. The average Bonchev–Trinajstić information content (AvgIpc) is 2.99. The Kier molecular flexibility index (Phi) is 7.38. The fourth-order valence-corrected chi connectivity index (χ4v) is 5.15. The van der Waals surface area contributed by atoms with Gasteiger partial charge in [-0.1, -0.05) is 30.2 Å². The first kappa shape index (κ1) is 24.1. The van der Waals surface area contributed by atoms with E-state index < -0.39 is 36.0 Å². The van der Waals surface area contributed by atoms with Crippen molar-refractivity contribution >= 4 is 29.5 Å².